The molecule has 0 saturated heterocycles. The van der Waals surface area contributed by atoms with Crippen LogP contribution in [0.15, 0.2) is 77.7 Å². The van der Waals surface area contributed by atoms with Crippen LogP contribution in [0.2, 0.25) is 5.02 Å². The van der Waals surface area contributed by atoms with Crippen LogP contribution in [0.5, 0.6) is 5.75 Å². The first-order chi connectivity index (χ1) is 18.1. The average Bonchev–Trinajstić information content (AvgIpc) is 2.93. The molecule has 1 atom stereocenters. The van der Waals surface area contributed by atoms with Gasteiger partial charge in [0, 0.05) is 18.6 Å². The molecule has 1 unspecified atom stereocenters. The number of carbonyl (C=O) groups excluding carboxylic acids is 2. The molecule has 10 heteroatoms. The largest absolute Gasteiger partial charge is 0.497 e. The lowest BCUT2D eigenvalue weighted by Gasteiger charge is -2.33. The quantitative estimate of drug-likeness (QED) is 0.377. The Morgan fingerprint density at radius 2 is 1.71 bits per heavy atom. The van der Waals surface area contributed by atoms with Crippen LogP contribution in [-0.4, -0.2) is 51.9 Å². The summed E-state index contributed by atoms with van der Waals surface area (Å²) in [6.45, 7) is 3.04. The molecule has 0 aliphatic heterocycles. The second-order valence-corrected chi connectivity index (χ2v) is 10.9. The topological polar surface area (TPSA) is 96.0 Å². The van der Waals surface area contributed by atoms with Gasteiger partial charge in [-0.05, 0) is 60.9 Å². The predicted molar refractivity (Wildman–Crippen MR) is 149 cm³/mol. The molecule has 202 valence electrons. The molecule has 0 heterocycles. The summed E-state index contributed by atoms with van der Waals surface area (Å²) in [5.74, 6) is -0.284. The Labute approximate surface area is 229 Å². The minimum atomic E-state index is -4.16. The second-order valence-electron chi connectivity index (χ2n) is 8.62. The number of halogens is 1. The fourth-order valence-corrected chi connectivity index (χ4v) is 5.82. The summed E-state index contributed by atoms with van der Waals surface area (Å²) < 4.78 is 34.1. The van der Waals surface area contributed by atoms with Gasteiger partial charge in [0.25, 0.3) is 10.0 Å². The van der Waals surface area contributed by atoms with Gasteiger partial charge in [0.1, 0.15) is 18.3 Å². The van der Waals surface area contributed by atoms with Crippen molar-refractivity contribution >= 4 is 39.1 Å². The molecular formula is C28H32ClN3O5S. The molecule has 3 aromatic rings. The lowest BCUT2D eigenvalue weighted by atomic mass is 10.1. The molecule has 3 aromatic carbocycles. The van der Waals surface area contributed by atoms with E-state index in [1.54, 1.807) is 75.6 Å². The van der Waals surface area contributed by atoms with Crippen molar-refractivity contribution in [1.29, 1.82) is 0 Å². The number of hydrogen-bond donors (Lipinski definition) is 1. The van der Waals surface area contributed by atoms with Gasteiger partial charge in [-0.2, -0.15) is 0 Å². The van der Waals surface area contributed by atoms with Crippen molar-refractivity contribution in [3.05, 3.63) is 88.9 Å². The first kappa shape index (κ1) is 29.0. The average molecular weight is 558 g/mol. The zero-order valence-electron chi connectivity index (χ0n) is 21.8. The Morgan fingerprint density at radius 3 is 2.34 bits per heavy atom. The summed E-state index contributed by atoms with van der Waals surface area (Å²) in [6.07, 6.45) is 0.330. The SMILES string of the molecule is CCC(C(=O)NC)N(Cc1cccc(OC)c1)C(=O)CN(c1cccc(Cl)c1C)S(=O)(=O)c1ccccc1. The number of sulfonamides is 1. The van der Waals surface area contributed by atoms with E-state index in [0.717, 1.165) is 9.87 Å². The molecule has 3 rings (SSSR count). The van der Waals surface area contributed by atoms with Crippen LogP contribution in [0.25, 0.3) is 0 Å². The summed E-state index contributed by atoms with van der Waals surface area (Å²) >= 11 is 6.34. The first-order valence-electron chi connectivity index (χ1n) is 12.1. The van der Waals surface area contributed by atoms with Gasteiger partial charge in [-0.25, -0.2) is 8.42 Å². The van der Waals surface area contributed by atoms with E-state index in [0.29, 0.717) is 22.8 Å². The van der Waals surface area contributed by atoms with E-state index in [4.69, 9.17) is 16.3 Å². The van der Waals surface area contributed by atoms with Gasteiger partial charge < -0.3 is 15.0 Å². The molecule has 0 aromatic heterocycles. The number of carbonyl (C=O) groups is 2. The maximum atomic E-state index is 14.0. The first-order valence-corrected chi connectivity index (χ1v) is 13.9. The zero-order chi connectivity index (χ0) is 27.9. The van der Waals surface area contributed by atoms with Crippen molar-refractivity contribution in [2.45, 2.75) is 37.8 Å². The number of nitrogens with zero attached hydrogens (tertiary/aromatic N) is 2. The Kier molecular flexibility index (Phi) is 9.77. The molecule has 2 amide bonds. The van der Waals surface area contributed by atoms with E-state index in [2.05, 4.69) is 5.32 Å². The fourth-order valence-electron chi connectivity index (χ4n) is 4.15. The van der Waals surface area contributed by atoms with Crippen molar-refractivity contribution in [3.63, 3.8) is 0 Å². The highest BCUT2D eigenvalue weighted by Crippen LogP contribution is 2.31. The molecule has 8 nitrogen and oxygen atoms in total. The molecule has 38 heavy (non-hydrogen) atoms. The molecule has 1 N–H and O–H groups in total. The van der Waals surface area contributed by atoms with Crippen molar-refractivity contribution in [2.75, 3.05) is 25.0 Å². The van der Waals surface area contributed by atoms with Crippen LogP contribution in [0.4, 0.5) is 5.69 Å². The fraction of sp³-hybridized carbons (Fsp3) is 0.286. The van der Waals surface area contributed by atoms with Gasteiger partial charge in [0.05, 0.1) is 17.7 Å². The van der Waals surface area contributed by atoms with Crippen LogP contribution in [0.3, 0.4) is 0 Å². The molecule has 0 spiro atoms. The smallest absolute Gasteiger partial charge is 0.264 e. The third-order valence-electron chi connectivity index (χ3n) is 6.24. The number of amides is 2. The molecule has 0 radical (unpaired) electrons. The zero-order valence-corrected chi connectivity index (χ0v) is 23.4. The van der Waals surface area contributed by atoms with E-state index < -0.39 is 28.5 Å². The highest BCUT2D eigenvalue weighted by Gasteiger charge is 2.34. The maximum Gasteiger partial charge on any atom is 0.264 e. The van der Waals surface area contributed by atoms with Gasteiger partial charge in [0.15, 0.2) is 0 Å². The number of nitrogens with one attached hydrogen (secondary N) is 1. The summed E-state index contributed by atoms with van der Waals surface area (Å²) in [6, 6.07) is 19.1. The van der Waals surface area contributed by atoms with E-state index in [9.17, 15) is 18.0 Å². The Hall–Kier alpha value is -3.56. The van der Waals surface area contributed by atoms with Crippen molar-refractivity contribution < 1.29 is 22.7 Å². The molecule has 0 aliphatic carbocycles. The van der Waals surface area contributed by atoms with Gasteiger partial charge in [-0.1, -0.05) is 54.9 Å². The number of rotatable bonds is 11. The molecule has 0 saturated carbocycles. The van der Waals surface area contributed by atoms with Gasteiger partial charge in [-0.3, -0.25) is 13.9 Å². The van der Waals surface area contributed by atoms with E-state index >= 15 is 0 Å². The molecule has 0 aliphatic rings. The number of ether oxygens (including phenoxy) is 1. The molecule has 0 bridgehead atoms. The number of methoxy groups -OCH3 is 1. The minimum absolute atomic E-state index is 0.0323. The maximum absolute atomic E-state index is 14.0. The van der Waals surface area contributed by atoms with Gasteiger partial charge in [0.2, 0.25) is 11.8 Å². The summed E-state index contributed by atoms with van der Waals surface area (Å²) in [5, 5.41) is 2.98. The third kappa shape index (κ3) is 6.46. The Balaban J connectivity index is 2.10. The van der Waals surface area contributed by atoms with Crippen LogP contribution in [-0.2, 0) is 26.2 Å². The second kappa shape index (κ2) is 12.8. The number of anilines is 1. The number of benzene rings is 3. The van der Waals surface area contributed by atoms with Crippen LogP contribution in [0, 0.1) is 6.92 Å². The highest BCUT2D eigenvalue weighted by atomic mass is 35.5. The lowest BCUT2D eigenvalue weighted by molar-refractivity contribution is -0.140. The summed E-state index contributed by atoms with van der Waals surface area (Å²) in [5.41, 5.74) is 1.53. The lowest BCUT2D eigenvalue weighted by Crippen LogP contribution is -2.51. The van der Waals surface area contributed by atoms with Crippen molar-refractivity contribution in [1.82, 2.24) is 10.2 Å². The predicted octanol–water partition coefficient (Wildman–Crippen LogP) is 4.41. The van der Waals surface area contributed by atoms with Crippen molar-refractivity contribution in [3.8, 4) is 5.75 Å². The van der Waals surface area contributed by atoms with E-state index in [-0.39, 0.29) is 23.0 Å². The minimum Gasteiger partial charge on any atom is -0.497 e. The third-order valence-corrected chi connectivity index (χ3v) is 8.42. The van der Waals surface area contributed by atoms with E-state index in [1.165, 1.54) is 24.1 Å². The summed E-state index contributed by atoms with van der Waals surface area (Å²) in [7, 11) is -1.11. The normalized spacial score (nSPS) is 11.9. The molecular weight excluding hydrogens is 526 g/mol. The Morgan fingerprint density at radius 1 is 1.03 bits per heavy atom. The van der Waals surface area contributed by atoms with Crippen LogP contribution < -0.4 is 14.4 Å². The number of likely N-dealkylation sites (N-methyl/N-ethyl adjacent to an activating group) is 1. The van der Waals surface area contributed by atoms with Gasteiger partial charge in [-0.15, -0.1) is 0 Å². The van der Waals surface area contributed by atoms with Gasteiger partial charge >= 0.3 is 0 Å². The molecule has 0 fully saturated rings. The van der Waals surface area contributed by atoms with E-state index in [1.807, 2.05) is 6.07 Å². The van der Waals surface area contributed by atoms with Crippen LogP contribution in [0.1, 0.15) is 24.5 Å². The number of hydrogen-bond acceptors (Lipinski definition) is 5. The highest BCUT2D eigenvalue weighted by molar-refractivity contribution is 7.92. The summed E-state index contributed by atoms with van der Waals surface area (Å²) in [4.78, 5) is 28.2. The van der Waals surface area contributed by atoms with Crippen molar-refractivity contribution in [2.24, 2.45) is 0 Å². The standard InChI is InChI=1S/C28H32ClN3O5S/c1-5-25(28(34)30-3)31(18-21-11-9-12-22(17-21)37-4)27(33)19-32(26-16-10-15-24(29)20(26)2)38(35,36)23-13-7-6-8-14-23/h6-17,25H,5,18-19H2,1-4H3,(H,30,34). The monoisotopic (exact) mass is 557 g/mol. The Bertz CT molecular complexity index is 1380. The van der Waals surface area contributed by atoms with Crippen LogP contribution >= 0.6 is 11.6 Å².